The molecule has 14 heavy (non-hydrogen) atoms. The van der Waals surface area contributed by atoms with Crippen LogP contribution in [0.15, 0.2) is 6.07 Å². The Hall–Kier alpha value is -1.05. The minimum atomic E-state index is 0.145. The van der Waals surface area contributed by atoms with Crippen molar-refractivity contribution in [1.29, 1.82) is 0 Å². The van der Waals surface area contributed by atoms with Gasteiger partial charge in [0, 0.05) is 12.6 Å². The summed E-state index contributed by atoms with van der Waals surface area (Å²) in [4.78, 5) is 14.5. The molecule has 1 aromatic rings. The molecule has 0 spiro atoms. The molecule has 1 aliphatic rings. The standard InChI is InChI=1S/C12H17NO/c1-8-7-11(10-5-3-4-6-10)13-12(8)9(2)14/h7,10,13H,3-6H2,1-2H3. The minimum absolute atomic E-state index is 0.145. The van der Waals surface area contributed by atoms with E-state index in [2.05, 4.69) is 11.1 Å². The summed E-state index contributed by atoms with van der Waals surface area (Å²) in [5, 5.41) is 0. The third kappa shape index (κ3) is 1.61. The number of aryl methyl sites for hydroxylation is 1. The zero-order valence-corrected chi connectivity index (χ0v) is 8.89. The Morgan fingerprint density at radius 3 is 2.57 bits per heavy atom. The van der Waals surface area contributed by atoms with Crippen LogP contribution in [0.3, 0.4) is 0 Å². The number of ketones is 1. The average Bonchev–Trinajstić information content (AvgIpc) is 2.70. The van der Waals surface area contributed by atoms with E-state index < -0.39 is 0 Å². The van der Waals surface area contributed by atoms with Crippen LogP contribution < -0.4 is 0 Å². The number of carbonyl (C=O) groups excluding carboxylic acids is 1. The fourth-order valence-electron chi connectivity index (χ4n) is 2.41. The van der Waals surface area contributed by atoms with Gasteiger partial charge in [-0.15, -0.1) is 0 Å². The Balaban J connectivity index is 2.27. The molecule has 0 radical (unpaired) electrons. The average molecular weight is 191 g/mol. The van der Waals surface area contributed by atoms with Gasteiger partial charge in [0.25, 0.3) is 0 Å². The number of Topliss-reactive ketones (excluding diaryl/α,β-unsaturated/α-hetero) is 1. The van der Waals surface area contributed by atoms with Crippen LogP contribution in [-0.4, -0.2) is 10.8 Å². The maximum absolute atomic E-state index is 11.3. The van der Waals surface area contributed by atoms with Crippen molar-refractivity contribution in [2.75, 3.05) is 0 Å². The topological polar surface area (TPSA) is 32.9 Å². The van der Waals surface area contributed by atoms with Crippen LogP contribution in [0.25, 0.3) is 0 Å². The molecule has 1 N–H and O–H groups in total. The van der Waals surface area contributed by atoms with E-state index in [1.807, 2.05) is 6.92 Å². The molecule has 1 heterocycles. The molecule has 0 unspecified atom stereocenters. The lowest BCUT2D eigenvalue weighted by Crippen LogP contribution is -1.97. The summed E-state index contributed by atoms with van der Waals surface area (Å²) in [6.45, 7) is 3.63. The number of aromatic amines is 1. The smallest absolute Gasteiger partial charge is 0.176 e. The second-order valence-corrected chi connectivity index (χ2v) is 4.32. The summed E-state index contributed by atoms with van der Waals surface area (Å²) in [7, 11) is 0. The van der Waals surface area contributed by atoms with Gasteiger partial charge in [0.1, 0.15) is 0 Å². The number of hydrogen-bond acceptors (Lipinski definition) is 1. The Bertz CT molecular complexity index is 345. The van der Waals surface area contributed by atoms with E-state index in [1.54, 1.807) is 6.92 Å². The first-order chi connectivity index (χ1) is 6.68. The predicted molar refractivity (Wildman–Crippen MR) is 56.7 cm³/mol. The number of H-pyrrole nitrogens is 1. The van der Waals surface area contributed by atoms with E-state index in [1.165, 1.54) is 31.4 Å². The van der Waals surface area contributed by atoms with Gasteiger partial charge < -0.3 is 4.98 Å². The summed E-state index contributed by atoms with van der Waals surface area (Å²) in [5.41, 5.74) is 3.16. The normalized spacial score (nSPS) is 17.6. The van der Waals surface area contributed by atoms with Crippen LogP contribution in [0.5, 0.6) is 0 Å². The van der Waals surface area contributed by atoms with Gasteiger partial charge in [-0.1, -0.05) is 12.8 Å². The van der Waals surface area contributed by atoms with Gasteiger partial charge >= 0.3 is 0 Å². The third-order valence-electron chi connectivity index (χ3n) is 3.18. The summed E-state index contributed by atoms with van der Waals surface area (Å²) >= 11 is 0. The Morgan fingerprint density at radius 2 is 2.07 bits per heavy atom. The van der Waals surface area contributed by atoms with E-state index in [4.69, 9.17) is 0 Å². The molecule has 1 aliphatic carbocycles. The van der Waals surface area contributed by atoms with Crippen molar-refractivity contribution in [2.45, 2.75) is 45.4 Å². The largest absolute Gasteiger partial charge is 0.356 e. The molecule has 1 aromatic heterocycles. The Kier molecular flexibility index (Phi) is 2.44. The molecule has 2 rings (SSSR count). The number of aromatic nitrogens is 1. The van der Waals surface area contributed by atoms with Crippen molar-refractivity contribution < 1.29 is 4.79 Å². The quantitative estimate of drug-likeness (QED) is 0.715. The van der Waals surface area contributed by atoms with Gasteiger partial charge in [-0.3, -0.25) is 4.79 Å². The fourth-order valence-corrected chi connectivity index (χ4v) is 2.41. The zero-order chi connectivity index (χ0) is 10.1. The maximum Gasteiger partial charge on any atom is 0.176 e. The molecule has 1 fully saturated rings. The number of carbonyl (C=O) groups is 1. The molecule has 0 atom stereocenters. The van der Waals surface area contributed by atoms with E-state index in [-0.39, 0.29) is 5.78 Å². The number of rotatable bonds is 2. The second kappa shape index (κ2) is 3.60. The monoisotopic (exact) mass is 191 g/mol. The van der Waals surface area contributed by atoms with Crippen molar-refractivity contribution in [1.82, 2.24) is 4.98 Å². The summed E-state index contributed by atoms with van der Waals surface area (Å²) in [6.07, 6.45) is 5.21. The fraction of sp³-hybridized carbons (Fsp3) is 0.583. The summed E-state index contributed by atoms with van der Waals surface area (Å²) in [5.74, 6) is 0.813. The van der Waals surface area contributed by atoms with Gasteiger partial charge in [-0.25, -0.2) is 0 Å². The molecular formula is C12H17NO. The lowest BCUT2D eigenvalue weighted by atomic mass is 10.0. The SMILES string of the molecule is CC(=O)c1[nH]c(C2CCCC2)cc1C. The highest BCUT2D eigenvalue weighted by Crippen LogP contribution is 2.34. The highest BCUT2D eigenvalue weighted by Gasteiger charge is 2.20. The summed E-state index contributed by atoms with van der Waals surface area (Å²) in [6, 6.07) is 2.15. The highest BCUT2D eigenvalue weighted by atomic mass is 16.1. The van der Waals surface area contributed by atoms with Crippen molar-refractivity contribution in [3.63, 3.8) is 0 Å². The van der Waals surface area contributed by atoms with Crippen LogP contribution in [0.4, 0.5) is 0 Å². The van der Waals surface area contributed by atoms with Crippen LogP contribution in [0.2, 0.25) is 0 Å². The molecule has 76 valence electrons. The second-order valence-electron chi connectivity index (χ2n) is 4.32. The van der Waals surface area contributed by atoms with E-state index in [0.717, 1.165) is 11.3 Å². The number of hydrogen-bond donors (Lipinski definition) is 1. The lowest BCUT2D eigenvalue weighted by molar-refractivity contribution is 0.101. The first kappa shape index (κ1) is 9.50. The number of nitrogens with one attached hydrogen (secondary N) is 1. The van der Waals surface area contributed by atoms with Gasteiger partial charge in [0.2, 0.25) is 0 Å². The first-order valence-corrected chi connectivity index (χ1v) is 5.39. The van der Waals surface area contributed by atoms with Crippen molar-refractivity contribution in [3.05, 3.63) is 23.0 Å². The molecule has 0 aromatic carbocycles. The first-order valence-electron chi connectivity index (χ1n) is 5.39. The molecule has 2 heteroatoms. The van der Waals surface area contributed by atoms with Crippen molar-refractivity contribution in [3.8, 4) is 0 Å². The van der Waals surface area contributed by atoms with Gasteiger partial charge in [-0.2, -0.15) is 0 Å². The molecule has 0 bridgehead atoms. The Morgan fingerprint density at radius 1 is 1.43 bits per heavy atom. The Labute approximate surface area is 84.7 Å². The molecular weight excluding hydrogens is 174 g/mol. The predicted octanol–water partition coefficient (Wildman–Crippen LogP) is 3.18. The zero-order valence-electron chi connectivity index (χ0n) is 8.89. The third-order valence-corrected chi connectivity index (χ3v) is 3.18. The highest BCUT2D eigenvalue weighted by molar-refractivity contribution is 5.93. The summed E-state index contributed by atoms with van der Waals surface area (Å²) < 4.78 is 0. The molecule has 0 aliphatic heterocycles. The molecule has 1 saturated carbocycles. The van der Waals surface area contributed by atoms with Crippen molar-refractivity contribution in [2.24, 2.45) is 0 Å². The van der Waals surface area contributed by atoms with Gasteiger partial charge in [0.05, 0.1) is 5.69 Å². The van der Waals surface area contributed by atoms with E-state index in [0.29, 0.717) is 5.92 Å². The van der Waals surface area contributed by atoms with Gasteiger partial charge in [-0.05, 0) is 37.3 Å². The molecule has 0 saturated heterocycles. The van der Waals surface area contributed by atoms with Crippen LogP contribution in [-0.2, 0) is 0 Å². The molecule has 0 amide bonds. The van der Waals surface area contributed by atoms with Crippen molar-refractivity contribution >= 4 is 5.78 Å². The lowest BCUT2D eigenvalue weighted by Gasteiger charge is -2.04. The molecule has 2 nitrogen and oxygen atoms in total. The van der Waals surface area contributed by atoms with Gasteiger partial charge in [0.15, 0.2) is 5.78 Å². The van der Waals surface area contributed by atoms with Crippen LogP contribution in [0.1, 0.15) is 60.3 Å². The maximum atomic E-state index is 11.3. The van der Waals surface area contributed by atoms with Crippen LogP contribution in [0, 0.1) is 6.92 Å². The van der Waals surface area contributed by atoms with Crippen LogP contribution >= 0.6 is 0 Å². The van der Waals surface area contributed by atoms with E-state index >= 15 is 0 Å². The minimum Gasteiger partial charge on any atom is -0.356 e. The van der Waals surface area contributed by atoms with E-state index in [9.17, 15) is 4.79 Å².